The van der Waals surface area contributed by atoms with E-state index in [4.69, 9.17) is 0 Å². The molecule has 1 saturated carbocycles. The van der Waals surface area contributed by atoms with Gasteiger partial charge in [-0.05, 0) is 38.7 Å². The smallest absolute Gasteiger partial charge is 0.253 e. The molecule has 1 aromatic heterocycles. The number of piperidine rings is 2. The lowest BCUT2D eigenvalue weighted by Crippen LogP contribution is -2.73. The van der Waals surface area contributed by atoms with Gasteiger partial charge in [0.25, 0.3) is 5.82 Å². The predicted molar refractivity (Wildman–Crippen MR) is 83.6 cm³/mol. The molecule has 2 saturated heterocycles. The molecule has 2 nitrogen and oxygen atoms in total. The van der Waals surface area contributed by atoms with Crippen LogP contribution in [0.4, 0.5) is 5.82 Å². The van der Waals surface area contributed by atoms with Gasteiger partial charge in [-0.15, -0.1) is 0 Å². The van der Waals surface area contributed by atoms with Crippen molar-refractivity contribution in [3.63, 3.8) is 0 Å². The summed E-state index contributed by atoms with van der Waals surface area (Å²) in [6, 6.07) is 7.17. The van der Waals surface area contributed by atoms with Gasteiger partial charge in [0.15, 0.2) is 0 Å². The summed E-state index contributed by atoms with van der Waals surface area (Å²) in [5.74, 6) is 2.89. The molecule has 1 aromatic rings. The first-order valence-corrected chi connectivity index (χ1v) is 8.06. The van der Waals surface area contributed by atoms with Crippen molar-refractivity contribution in [2.75, 3.05) is 4.90 Å². The number of aromatic nitrogens is 1. The molecule has 4 rings (SSSR count). The van der Waals surface area contributed by atoms with E-state index < -0.39 is 0 Å². The van der Waals surface area contributed by atoms with E-state index in [2.05, 4.69) is 75.5 Å². The van der Waals surface area contributed by atoms with Crippen LogP contribution < -0.4 is 9.47 Å². The number of aryl methyl sites for hydroxylation is 1. The van der Waals surface area contributed by atoms with Gasteiger partial charge in [-0.1, -0.05) is 26.8 Å². The van der Waals surface area contributed by atoms with Crippen LogP contribution in [-0.2, 0) is 7.05 Å². The van der Waals surface area contributed by atoms with E-state index in [1.807, 2.05) is 0 Å². The third-order valence-corrected chi connectivity index (χ3v) is 7.11. The number of pyridine rings is 1. The summed E-state index contributed by atoms with van der Waals surface area (Å²) in [4.78, 5) is 2.72. The van der Waals surface area contributed by atoms with Crippen LogP contribution in [0.1, 0.15) is 47.5 Å². The predicted octanol–water partition coefficient (Wildman–Crippen LogP) is 3.55. The van der Waals surface area contributed by atoms with Crippen molar-refractivity contribution in [2.24, 2.45) is 24.3 Å². The fraction of sp³-hybridized carbons (Fsp3) is 0.722. The summed E-state index contributed by atoms with van der Waals surface area (Å²) < 4.78 is 2.28. The van der Waals surface area contributed by atoms with Gasteiger partial charge >= 0.3 is 0 Å². The van der Waals surface area contributed by atoms with Crippen LogP contribution in [0.5, 0.6) is 0 Å². The third kappa shape index (κ3) is 1.54. The first-order chi connectivity index (χ1) is 9.32. The highest BCUT2D eigenvalue weighted by Crippen LogP contribution is 2.59. The largest absolute Gasteiger partial charge is 0.276 e. The van der Waals surface area contributed by atoms with Crippen LogP contribution in [0, 0.1) is 17.3 Å². The van der Waals surface area contributed by atoms with Gasteiger partial charge in [-0.25, -0.2) is 4.57 Å². The molecule has 2 bridgehead atoms. The minimum absolute atomic E-state index is 0.287. The molecule has 0 radical (unpaired) electrons. The molecule has 2 heteroatoms. The molecule has 3 heterocycles. The van der Waals surface area contributed by atoms with Crippen LogP contribution in [0.25, 0.3) is 0 Å². The second-order valence-corrected chi connectivity index (χ2v) is 7.66. The molecule has 3 fully saturated rings. The summed E-state index contributed by atoms with van der Waals surface area (Å²) in [6.07, 6.45) is 4.85. The SMILES string of the molecule is CC1C(C)C2(C)CCC1(C)C(C)N2c1cccc[n+]1C. The Morgan fingerprint density at radius 2 is 1.80 bits per heavy atom. The fourth-order valence-electron chi connectivity index (χ4n) is 4.98. The maximum absolute atomic E-state index is 2.72. The lowest BCUT2D eigenvalue weighted by atomic mass is 9.50. The second-order valence-electron chi connectivity index (χ2n) is 7.66. The first-order valence-electron chi connectivity index (χ1n) is 8.06. The van der Waals surface area contributed by atoms with E-state index in [0.29, 0.717) is 11.5 Å². The molecule has 0 spiro atoms. The lowest BCUT2D eigenvalue weighted by molar-refractivity contribution is -0.659. The van der Waals surface area contributed by atoms with Crippen LogP contribution in [0.2, 0.25) is 0 Å². The van der Waals surface area contributed by atoms with Crippen LogP contribution >= 0.6 is 0 Å². The van der Waals surface area contributed by atoms with Gasteiger partial charge in [-0.2, -0.15) is 0 Å². The third-order valence-electron chi connectivity index (χ3n) is 7.11. The Balaban J connectivity index is 2.14. The van der Waals surface area contributed by atoms with Crippen molar-refractivity contribution in [3.8, 4) is 0 Å². The van der Waals surface area contributed by atoms with Crippen molar-refractivity contribution in [2.45, 2.75) is 59.0 Å². The first kappa shape index (κ1) is 13.9. The lowest BCUT2D eigenvalue weighted by Gasteiger charge is -2.64. The summed E-state index contributed by atoms with van der Waals surface area (Å²) in [5.41, 5.74) is 0.718. The maximum Gasteiger partial charge on any atom is 0.276 e. The van der Waals surface area contributed by atoms with Crippen molar-refractivity contribution < 1.29 is 4.57 Å². The minimum atomic E-state index is 0.287. The van der Waals surface area contributed by atoms with Crippen molar-refractivity contribution in [1.82, 2.24) is 0 Å². The average Bonchev–Trinajstić information content (AvgIpc) is 2.42. The average molecular weight is 273 g/mol. The molecule has 110 valence electrons. The Labute approximate surface area is 123 Å². The number of rotatable bonds is 1. The summed E-state index contributed by atoms with van der Waals surface area (Å²) in [5, 5.41) is 0. The van der Waals surface area contributed by atoms with Gasteiger partial charge in [0, 0.05) is 17.4 Å². The molecule has 5 atom stereocenters. The van der Waals surface area contributed by atoms with E-state index in [1.165, 1.54) is 18.7 Å². The van der Waals surface area contributed by atoms with E-state index in [-0.39, 0.29) is 5.54 Å². The van der Waals surface area contributed by atoms with E-state index in [1.54, 1.807) is 0 Å². The zero-order valence-electron chi connectivity index (χ0n) is 13.9. The van der Waals surface area contributed by atoms with Crippen molar-refractivity contribution in [3.05, 3.63) is 24.4 Å². The molecule has 0 N–H and O–H groups in total. The van der Waals surface area contributed by atoms with Gasteiger partial charge in [0.1, 0.15) is 5.54 Å². The molecule has 0 amide bonds. The molecule has 20 heavy (non-hydrogen) atoms. The Morgan fingerprint density at radius 1 is 1.10 bits per heavy atom. The zero-order valence-corrected chi connectivity index (χ0v) is 13.9. The molecular weight excluding hydrogens is 244 g/mol. The number of fused-ring (bicyclic) bond motifs is 3. The van der Waals surface area contributed by atoms with E-state index >= 15 is 0 Å². The number of hydrogen-bond donors (Lipinski definition) is 0. The summed E-state index contributed by atoms with van der Waals surface area (Å²) in [6.45, 7) is 12.4. The Bertz CT molecular complexity index is 526. The molecule has 3 aliphatic rings. The number of anilines is 1. The molecule has 0 aromatic carbocycles. The normalized spacial score (nSPS) is 43.9. The highest BCUT2D eigenvalue weighted by Gasteiger charge is 2.64. The fourth-order valence-corrected chi connectivity index (χ4v) is 4.98. The van der Waals surface area contributed by atoms with Gasteiger partial charge < -0.3 is 0 Å². The zero-order chi connectivity index (χ0) is 14.7. The highest BCUT2D eigenvalue weighted by molar-refractivity contribution is 5.43. The topological polar surface area (TPSA) is 7.12 Å². The van der Waals surface area contributed by atoms with Crippen LogP contribution in [0.15, 0.2) is 24.4 Å². The van der Waals surface area contributed by atoms with Gasteiger partial charge in [0.05, 0.1) is 19.3 Å². The Hall–Kier alpha value is -1.05. The Kier molecular flexibility index (Phi) is 2.94. The summed E-state index contributed by atoms with van der Waals surface area (Å²) >= 11 is 0. The molecule has 2 aliphatic heterocycles. The summed E-state index contributed by atoms with van der Waals surface area (Å²) in [7, 11) is 2.17. The van der Waals surface area contributed by atoms with Crippen LogP contribution in [0.3, 0.4) is 0 Å². The standard InChI is InChI=1S/C18H29N2/c1-13-14(2)18(5)11-10-17(13,4)15(3)20(18)16-9-7-8-12-19(16)6/h7-9,12-15H,10-11H2,1-6H3/q+1. The number of nitrogens with zero attached hydrogens (tertiary/aromatic N) is 2. The second kappa shape index (κ2) is 4.22. The molecule has 5 unspecified atom stereocenters. The van der Waals surface area contributed by atoms with Gasteiger partial charge in [-0.3, -0.25) is 4.90 Å². The van der Waals surface area contributed by atoms with Crippen molar-refractivity contribution >= 4 is 5.82 Å². The monoisotopic (exact) mass is 273 g/mol. The highest BCUT2D eigenvalue weighted by atomic mass is 15.3. The van der Waals surface area contributed by atoms with Gasteiger partial charge in [0.2, 0.25) is 0 Å². The molecular formula is C18H29N2+. The van der Waals surface area contributed by atoms with E-state index in [9.17, 15) is 0 Å². The minimum Gasteiger partial charge on any atom is -0.253 e. The van der Waals surface area contributed by atoms with Crippen LogP contribution in [-0.4, -0.2) is 11.6 Å². The Morgan fingerprint density at radius 3 is 2.45 bits per heavy atom. The maximum atomic E-state index is 2.72. The quantitative estimate of drug-likeness (QED) is 0.710. The van der Waals surface area contributed by atoms with E-state index in [0.717, 1.165) is 11.8 Å². The molecule has 1 aliphatic carbocycles. The number of hydrogen-bond acceptors (Lipinski definition) is 1. The van der Waals surface area contributed by atoms with Crippen molar-refractivity contribution in [1.29, 1.82) is 0 Å².